The summed E-state index contributed by atoms with van der Waals surface area (Å²) in [5.74, 6) is 0.217. The Bertz CT molecular complexity index is 1030. The van der Waals surface area contributed by atoms with Crippen LogP contribution in [0.5, 0.6) is 0 Å². The fourth-order valence-electron chi connectivity index (χ4n) is 3.18. The van der Waals surface area contributed by atoms with Gasteiger partial charge in [0.15, 0.2) is 5.16 Å². The van der Waals surface area contributed by atoms with Crippen molar-refractivity contribution in [2.45, 2.75) is 45.3 Å². The highest BCUT2D eigenvalue weighted by Crippen LogP contribution is 2.24. The Morgan fingerprint density at radius 3 is 2.64 bits per heavy atom. The summed E-state index contributed by atoms with van der Waals surface area (Å²) in [7, 11) is 0. The number of aromatic nitrogens is 3. The van der Waals surface area contributed by atoms with E-state index < -0.39 is 0 Å². The van der Waals surface area contributed by atoms with Crippen molar-refractivity contribution < 1.29 is 4.79 Å². The molecule has 0 bridgehead atoms. The molecule has 28 heavy (non-hydrogen) atoms. The molecule has 1 amide bonds. The third-order valence-corrected chi connectivity index (χ3v) is 5.77. The zero-order valence-corrected chi connectivity index (χ0v) is 17.5. The van der Waals surface area contributed by atoms with Crippen molar-refractivity contribution in [3.63, 3.8) is 0 Å². The Kier molecular flexibility index (Phi) is 6.24. The Labute approximate surface area is 169 Å². The monoisotopic (exact) mass is 398 g/mol. The number of anilines is 1. The van der Waals surface area contributed by atoms with Gasteiger partial charge in [0, 0.05) is 24.0 Å². The van der Waals surface area contributed by atoms with Gasteiger partial charge in [0.1, 0.15) is 5.52 Å². The highest BCUT2D eigenvalue weighted by molar-refractivity contribution is 7.99. The van der Waals surface area contributed by atoms with Crippen molar-refractivity contribution >= 4 is 34.4 Å². The van der Waals surface area contributed by atoms with Gasteiger partial charge < -0.3 is 9.88 Å². The van der Waals surface area contributed by atoms with E-state index in [2.05, 4.69) is 9.97 Å². The maximum atomic E-state index is 13.0. The predicted octanol–water partition coefficient (Wildman–Crippen LogP) is 4.15. The van der Waals surface area contributed by atoms with Gasteiger partial charge in [-0.2, -0.15) is 0 Å². The normalized spacial score (nSPS) is 12.3. The lowest BCUT2D eigenvalue weighted by atomic mass is 10.2. The van der Waals surface area contributed by atoms with E-state index in [0.29, 0.717) is 22.7 Å². The third kappa shape index (κ3) is 3.99. The number of rotatable bonds is 7. The number of carbonyl (C=O) groups excluding carboxylic acids is 1. The largest absolute Gasteiger partial charge is 0.353 e. The second-order valence-corrected chi connectivity index (χ2v) is 7.74. The van der Waals surface area contributed by atoms with E-state index in [-0.39, 0.29) is 23.3 Å². The highest BCUT2D eigenvalue weighted by atomic mass is 32.2. The number of fused-ring (bicyclic) bond motifs is 1. The molecule has 0 aliphatic carbocycles. The highest BCUT2D eigenvalue weighted by Gasteiger charge is 2.20. The molecule has 0 fully saturated rings. The Balaban J connectivity index is 1.91. The Hall–Kier alpha value is -2.54. The van der Waals surface area contributed by atoms with Crippen molar-refractivity contribution in [1.82, 2.24) is 14.5 Å². The molecule has 0 aliphatic heterocycles. The molecule has 2 aromatic heterocycles. The van der Waals surface area contributed by atoms with Crippen LogP contribution in [0.2, 0.25) is 0 Å². The lowest BCUT2D eigenvalue weighted by molar-refractivity contribution is -0.116. The molecule has 2 heterocycles. The molecule has 3 aromatic rings. The van der Waals surface area contributed by atoms with Gasteiger partial charge in [0.2, 0.25) is 5.91 Å². The molecule has 3 rings (SSSR count). The van der Waals surface area contributed by atoms with Crippen LogP contribution in [0.15, 0.2) is 46.3 Å². The lowest BCUT2D eigenvalue weighted by Crippen LogP contribution is -2.32. The molecule has 0 unspecified atom stereocenters. The van der Waals surface area contributed by atoms with Gasteiger partial charge in [0.05, 0.1) is 11.3 Å². The standard InChI is InChI=1S/C21H26N4O2S/c1-5-15(4)25-20(27)19-17(12-14(3)22-19)23-21(25)28-13-18(26)24(6-2)16-10-8-7-9-11-16/h7-12,15,22H,5-6,13H2,1-4H3/t15-/m1/s1. The van der Waals surface area contributed by atoms with Crippen molar-refractivity contribution in [3.8, 4) is 0 Å². The maximum absolute atomic E-state index is 13.0. The number of aryl methyl sites for hydroxylation is 1. The SMILES string of the molecule is CC[C@@H](C)n1c(SCC(=O)N(CC)c2ccccc2)nc2cc(C)[nH]c2c1=O. The summed E-state index contributed by atoms with van der Waals surface area (Å²) in [5, 5.41) is 0.586. The van der Waals surface area contributed by atoms with Gasteiger partial charge in [-0.1, -0.05) is 36.9 Å². The first kappa shape index (κ1) is 20.2. The second-order valence-electron chi connectivity index (χ2n) is 6.80. The molecule has 1 aromatic carbocycles. The smallest absolute Gasteiger partial charge is 0.278 e. The molecule has 0 spiro atoms. The van der Waals surface area contributed by atoms with Crippen LogP contribution in [0.25, 0.3) is 11.0 Å². The average molecular weight is 399 g/mol. The van der Waals surface area contributed by atoms with Crippen LogP contribution in [-0.2, 0) is 4.79 Å². The summed E-state index contributed by atoms with van der Waals surface area (Å²) >= 11 is 1.32. The van der Waals surface area contributed by atoms with Gasteiger partial charge in [-0.05, 0) is 45.4 Å². The van der Waals surface area contributed by atoms with Crippen molar-refractivity contribution in [1.29, 1.82) is 0 Å². The summed E-state index contributed by atoms with van der Waals surface area (Å²) in [5.41, 5.74) is 2.85. The summed E-state index contributed by atoms with van der Waals surface area (Å²) in [6, 6.07) is 11.5. The molecular formula is C21H26N4O2S. The zero-order chi connectivity index (χ0) is 20.3. The molecular weight excluding hydrogens is 372 g/mol. The molecule has 7 heteroatoms. The van der Waals surface area contributed by atoms with Crippen LogP contribution in [0.4, 0.5) is 5.69 Å². The lowest BCUT2D eigenvalue weighted by Gasteiger charge is -2.22. The summed E-state index contributed by atoms with van der Waals surface area (Å²) in [6.07, 6.45) is 0.805. The fraction of sp³-hybridized carbons (Fsp3) is 0.381. The number of thioether (sulfide) groups is 1. The molecule has 0 saturated heterocycles. The first-order valence-electron chi connectivity index (χ1n) is 9.56. The summed E-state index contributed by atoms with van der Waals surface area (Å²) in [6.45, 7) is 8.49. The van der Waals surface area contributed by atoms with Crippen LogP contribution in [0, 0.1) is 6.92 Å². The quantitative estimate of drug-likeness (QED) is 0.479. The van der Waals surface area contributed by atoms with E-state index in [1.165, 1.54) is 11.8 Å². The number of hydrogen-bond donors (Lipinski definition) is 1. The summed E-state index contributed by atoms with van der Waals surface area (Å²) in [4.78, 5) is 35.4. The van der Waals surface area contributed by atoms with Gasteiger partial charge >= 0.3 is 0 Å². The minimum atomic E-state index is -0.0854. The topological polar surface area (TPSA) is 71.0 Å². The first-order valence-corrected chi connectivity index (χ1v) is 10.5. The summed E-state index contributed by atoms with van der Waals surface area (Å²) < 4.78 is 1.70. The van der Waals surface area contributed by atoms with Crippen molar-refractivity contribution in [2.24, 2.45) is 0 Å². The molecule has 0 aliphatic rings. The molecule has 6 nitrogen and oxygen atoms in total. The number of nitrogens with one attached hydrogen (secondary N) is 1. The molecule has 148 valence electrons. The van der Waals surface area contributed by atoms with Crippen molar-refractivity contribution in [2.75, 3.05) is 17.2 Å². The van der Waals surface area contributed by atoms with Crippen LogP contribution in [0.3, 0.4) is 0 Å². The average Bonchev–Trinajstić information content (AvgIpc) is 3.08. The molecule has 0 saturated carbocycles. The van der Waals surface area contributed by atoms with E-state index in [0.717, 1.165) is 17.8 Å². The van der Waals surface area contributed by atoms with E-state index in [4.69, 9.17) is 0 Å². The van der Waals surface area contributed by atoms with E-state index >= 15 is 0 Å². The van der Waals surface area contributed by atoms with E-state index in [1.807, 2.05) is 64.1 Å². The van der Waals surface area contributed by atoms with Crippen LogP contribution < -0.4 is 10.5 Å². The van der Waals surface area contributed by atoms with Gasteiger partial charge in [-0.25, -0.2) is 4.98 Å². The number of H-pyrrole nitrogens is 1. The number of para-hydroxylation sites is 1. The fourth-order valence-corrected chi connectivity index (χ4v) is 4.15. The Morgan fingerprint density at radius 2 is 2.00 bits per heavy atom. The first-order chi connectivity index (χ1) is 13.5. The molecule has 0 radical (unpaired) electrons. The van der Waals surface area contributed by atoms with Crippen LogP contribution in [0.1, 0.15) is 38.9 Å². The number of aromatic amines is 1. The third-order valence-electron chi connectivity index (χ3n) is 4.83. The number of amides is 1. The van der Waals surface area contributed by atoms with Crippen molar-refractivity contribution in [3.05, 3.63) is 52.4 Å². The number of nitrogens with zero attached hydrogens (tertiary/aromatic N) is 3. The number of carbonyl (C=O) groups is 1. The molecule has 1 atom stereocenters. The minimum Gasteiger partial charge on any atom is -0.353 e. The van der Waals surface area contributed by atoms with Crippen LogP contribution >= 0.6 is 11.8 Å². The van der Waals surface area contributed by atoms with Gasteiger partial charge in [-0.3, -0.25) is 14.2 Å². The second kappa shape index (κ2) is 8.65. The van der Waals surface area contributed by atoms with Gasteiger partial charge in [0.25, 0.3) is 5.56 Å². The zero-order valence-electron chi connectivity index (χ0n) is 16.7. The minimum absolute atomic E-state index is 0.00186. The molecule has 1 N–H and O–H groups in total. The predicted molar refractivity (Wildman–Crippen MR) is 115 cm³/mol. The number of benzene rings is 1. The van der Waals surface area contributed by atoms with E-state index in [1.54, 1.807) is 9.47 Å². The Morgan fingerprint density at radius 1 is 1.29 bits per heavy atom. The maximum Gasteiger partial charge on any atom is 0.278 e. The van der Waals surface area contributed by atoms with Crippen LogP contribution in [-0.4, -0.2) is 32.7 Å². The van der Waals surface area contributed by atoms with Gasteiger partial charge in [-0.15, -0.1) is 0 Å². The number of hydrogen-bond acceptors (Lipinski definition) is 4. The van der Waals surface area contributed by atoms with E-state index in [9.17, 15) is 9.59 Å².